The summed E-state index contributed by atoms with van der Waals surface area (Å²) in [6.45, 7) is 12.6. The second-order valence-corrected chi connectivity index (χ2v) is 7.07. The number of aryl methyl sites for hydroxylation is 1. The molecule has 0 aromatic carbocycles. The maximum Gasteiger partial charge on any atom is 0.234 e. The molecular weight excluding hydrogens is 318 g/mol. The van der Waals surface area contributed by atoms with Gasteiger partial charge >= 0.3 is 0 Å². The summed E-state index contributed by atoms with van der Waals surface area (Å²) in [5.74, 6) is 2.26. The smallest absolute Gasteiger partial charge is 0.234 e. The van der Waals surface area contributed by atoms with E-state index in [1.807, 2.05) is 19.9 Å². The maximum atomic E-state index is 12.1. The van der Waals surface area contributed by atoms with Crippen molar-refractivity contribution >= 4 is 11.7 Å². The van der Waals surface area contributed by atoms with Gasteiger partial charge in [0.25, 0.3) is 0 Å². The van der Waals surface area contributed by atoms with Crippen molar-refractivity contribution in [1.82, 2.24) is 20.2 Å². The van der Waals surface area contributed by atoms with Crippen molar-refractivity contribution in [1.29, 1.82) is 0 Å². The van der Waals surface area contributed by atoms with Crippen LogP contribution in [0.1, 0.15) is 38.2 Å². The third-order valence-corrected chi connectivity index (χ3v) is 4.26. The van der Waals surface area contributed by atoms with Gasteiger partial charge in [-0.25, -0.2) is 9.97 Å². The SMILES string of the molecule is COCC(C)NC(=O)CN1CCN(c2cc(C)nc(C(C)C)n2)CC1. The minimum Gasteiger partial charge on any atom is -0.383 e. The van der Waals surface area contributed by atoms with E-state index in [0.717, 1.165) is 43.5 Å². The quantitative estimate of drug-likeness (QED) is 0.797. The zero-order valence-electron chi connectivity index (χ0n) is 16.1. The Morgan fingerprint density at radius 3 is 2.52 bits per heavy atom. The highest BCUT2D eigenvalue weighted by Gasteiger charge is 2.21. The van der Waals surface area contributed by atoms with Crippen LogP contribution in [-0.2, 0) is 9.53 Å². The van der Waals surface area contributed by atoms with Gasteiger partial charge in [0.1, 0.15) is 11.6 Å². The molecule has 2 rings (SSSR count). The second kappa shape index (κ2) is 9.10. The van der Waals surface area contributed by atoms with Crippen LogP contribution in [0, 0.1) is 6.92 Å². The van der Waals surface area contributed by atoms with Gasteiger partial charge in [-0.15, -0.1) is 0 Å². The van der Waals surface area contributed by atoms with E-state index >= 15 is 0 Å². The molecule has 1 N–H and O–H groups in total. The number of carbonyl (C=O) groups excluding carboxylic acids is 1. The fourth-order valence-corrected chi connectivity index (χ4v) is 2.94. The van der Waals surface area contributed by atoms with E-state index in [2.05, 4.69) is 33.9 Å². The molecule has 1 saturated heterocycles. The van der Waals surface area contributed by atoms with E-state index in [1.165, 1.54) is 0 Å². The van der Waals surface area contributed by atoms with Crippen molar-refractivity contribution in [3.8, 4) is 0 Å². The molecule has 1 atom stereocenters. The number of ether oxygens (including phenoxy) is 1. The Bertz CT molecular complexity index is 571. The third-order valence-electron chi connectivity index (χ3n) is 4.26. The van der Waals surface area contributed by atoms with Crippen molar-refractivity contribution in [2.24, 2.45) is 0 Å². The molecule has 0 saturated carbocycles. The lowest BCUT2D eigenvalue weighted by molar-refractivity contribution is -0.123. The summed E-state index contributed by atoms with van der Waals surface area (Å²) in [7, 11) is 1.64. The number of hydrogen-bond acceptors (Lipinski definition) is 6. The monoisotopic (exact) mass is 349 g/mol. The Balaban J connectivity index is 1.86. The van der Waals surface area contributed by atoms with Crippen LogP contribution in [0.3, 0.4) is 0 Å². The first kappa shape index (κ1) is 19.6. The van der Waals surface area contributed by atoms with Crippen molar-refractivity contribution in [2.75, 3.05) is 51.3 Å². The number of nitrogens with one attached hydrogen (secondary N) is 1. The van der Waals surface area contributed by atoms with E-state index in [-0.39, 0.29) is 11.9 Å². The molecule has 25 heavy (non-hydrogen) atoms. The summed E-state index contributed by atoms with van der Waals surface area (Å²) in [6.07, 6.45) is 0. The molecule has 0 radical (unpaired) electrons. The first-order valence-electron chi connectivity index (χ1n) is 9.00. The lowest BCUT2D eigenvalue weighted by Crippen LogP contribution is -2.51. The molecule has 7 heteroatoms. The average Bonchev–Trinajstić information content (AvgIpc) is 2.55. The first-order valence-corrected chi connectivity index (χ1v) is 9.00. The predicted molar refractivity (Wildman–Crippen MR) is 99.0 cm³/mol. The molecule has 0 spiro atoms. The molecule has 1 fully saturated rings. The van der Waals surface area contributed by atoms with Crippen LogP contribution in [0.5, 0.6) is 0 Å². The highest BCUT2D eigenvalue weighted by Crippen LogP contribution is 2.18. The number of aromatic nitrogens is 2. The first-order chi connectivity index (χ1) is 11.9. The van der Waals surface area contributed by atoms with Gasteiger partial charge in [0.2, 0.25) is 5.91 Å². The number of nitrogens with zero attached hydrogens (tertiary/aromatic N) is 4. The van der Waals surface area contributed by atoms with E-state index in [1.54, 1.807) is 7.11 Å². The highest BCUT2D eigenvalue weighted by atomic mass is 16.5. The van der Waals surface area contributed by atoms with Crippen molar-refractivity contribution < 1.29 is 9.53 Å². The van der Waals surface area contributed by atoms with Gasteiger partial charge in [-0.3, -0.25) is 9.69 Å². The Kier molecular flexibility index (Phi) is 7.13. The van der Waals surface area contributed by atoms with Gasteiger partial charge in [0, 0.05) is 57.0 Å². The summed E-state index contributed by atoms with van der Waals surface area (Å²) < 4.78 is 5.05. The molecule has 0 aliphatic carbocycles. The van der Waals surface area contributed by atoms with Crippen LogP contribution in [0.4, 0.5) is 5.82 Å². The van der Waals surface area contributed by atoms with Gasteiger partial charge in [0.15, 0.2) is 0 Å². The summed E-state index contributed by atoms with van der Waals surface area (Å²) in [5, 5.41) is 2.96. The number of amides is 1. The van der Waals surface area contributed by atoms with Crippen LogP contribution in [0.2, 0.25) is 0 Å². The van der Waals surface area contributed by atoms with Crippen molar-refractivity contribution in [3.05, 3.63) is 17.6 Å². The third kappa shape index (κ3) is 5.93. The number of methoxy groups -OCH3 is 1. The van der Waals surface area contributed by atoms with Crippen molar-refractivity contribution in [3.63, 3.8) is 0 Å². The Hall–Kier alpha value is -1.73. The lowest BCUT2D eigenvalue weighted by atomic mass is 10.2. The number of piperazine rings is 1. The van der Waals surface area contributed by atoms with Gasteiger partial charge < -0.3 is 15.0 Å². The molecule has 1 aromatic rings. The molecule has 1 aromatic heterocycles. The van der Waals surface area contributed by atoms with E-state index in [0.29, 0.717) is 19.1 Å². The molecule has 140 valence electrons. The van der Waals surface area contributed by atoms with Gasteiger partial charge in [-0.2, -0.15) is 0 Å². The van der Waals surface area contributed by atoms with Crippen molar-refractivity contribution in [2.45, 2.75) is 39.7 Å². The number of rotatable bonds is 7. The predicted octanol–water partition coefficient (Wildman–Crippen LogP) is 1.18. The summed E-state index contributed by atoms with van der Waals surface area (Å²) in [5.41, 5.74) is 1.00. The van der Waals surface area contributed by atoms with Gasteiger partial charge in [-0.05, 0) is 13.8 Å². The Morgan fingerprint density at radius 2 is 1.92 bits per heavy atom. The number of hydrogen-bond donors (Lipinski definition) is 1. The second-order valence-electron chi connectivity index (χ2n) is 7.07. The Labute approximate surface area is 150 Å². The standard InChI is InChI=1S/C18H31N5O2/c1-13(2)18-20-14(3)10-16(21-18)23-8-6-22(7-9-23)11-17(24)19-15(4)12-25-5/h10,13,15H,6-9,11-12H2,1-5H3,(H,19,24). The topological polar surface area (TPSA) is 70.6 Å². The lowest BCUT2D eigenvalue weighted by Gasteiger charge is -2.35. The van der Waals surface area contributed by atoms with E-state index < -0.39 is 0 Å². The molecule has 1 unspecified atom stereocenters. The largest absolute Gasteiger partial charge is 0.383 e. The van der Waals surface area contributed by atoms with Gasteiger partial charge in [-0.1, -0.05) is 13.8 Å². The van der Waals surface area contributed by atoms with Crippen LogP contribution < -0.4 is 10.2 Å². The fraction of sp³-hybridized carbons (Fsp3) is 0.722. The van der Waals surface area contributed by atoms with Crippen LogP contribution in [-0.4, -0.2) is 73.3 Å². The zero-order chi connectivity index (χ0) is 18.4. The molecular formula is C18H31N5O2. The molecule has 7 nitrogen and oxygen atoms in total. The molecule has 0 bridgehead atoms. The normalized spacial score (nSPS) is 17.0. The molecule has 1 aliphatic rings. The van der Waals surface area contributed by atoms with E-state index in [9.17, 15) is 4.79 Å². The number of anilines is 1. The van der Waals surface area contributed by atoms with E-state index in [4.69, 9.17) is 9.72 Å². The van der Waals surface area contributed by atoms with Crippen LogP contribution >= 0.6 is 0 Å². The fourth-order valence-electron chi connectivity index (χ4n) is 2.94. The maximum absolute atomic E-state index is 12.1. The zero-order valence-corrected chi connectivity index (χ0v) is 16.1. The summed E-state index contributed by atoms with van der Waals surface area (Å²) in [4.78, 5) is 25.8. The van der Waals surface area contributed by atoms with Crippen LogP contribution in [0.25, 0.3) is 0 Å². The minimum absolute atomic E-state index is 0.0391. The number of carbonyl (C=O) groups is 1. The molecule has 1 aliphatic heterocycles. The average molecular weight is 349 g/mol. The molecule has 2 heterocycles. The van der Waals surface area contributed by atoms with Crippen LogP contribution in [0.15, 0.2) is 6.07 Å². The minimum atomic E-state index is 0.0391. The summed E-state index contributed by atoms with van der Waals surface area (Å²) >= 11 is 0. The Morgan fingerprint density at radius 1 is 1.24 bits per heavy atom. The highest BCUT2D eigenvalue weighted by molar-refractivity contribution is 5.78. The molecule has 1 amide bonds. The van der Waals surface area contributed by atoms with Gasteiger partial charge in [0.05, 0.1) is 13.2 Å². The summed E-state index contributed by atoms with van der Waals surface area (Å²) in [6, 6.07) is 2.08.